The molecule has 0 bridgehead atoms. The van der Waals surface area contributed by atoms with E-state index in [0.717, 1.165) is 27.9 Å². The molecule has 0 unspecified atom stereocenters. The molecule has 130 valence electrons. The number of benzene rings is 2. The molecular weight excluding hydrogens is 353 g/mol. The fourth-order valence-electron chi connectivity index (χ4n) is 3.35. The number of hydrogen-bond acceptors (Lipinski definition) is 3. The fraction of sp³-hybridized carbons (Fsp3) is 0.150. The first-order chi connectivity index (χ1) is 12.5. The normalized spacial score (nSPS) is 18.5. The smallest absolute Gasteiger partial charge is 0.235 e. The molecule has 0 fully saturated rings. The van der Waals surface area contributed by atoms with Crippen molar-refractivity contribution in [1.29, 1.82) is 0 Å². The summed E-state index contributed by atoms with van der Waals surface area (Å²) in [5.74, 6) is -0.520. The Kier molecular flexibility index (Phi) is 3.96. The van der Waals surface area contributed by atoms with E-state index in [1.54, 1.807) is 24.5 Å². The molecule has 0 spiro atoms. The third-order valence-corrected chi connectivity index (χ3v) is 5.08. The van der Waals surface area contributed by atoms with Crippen molar-refractivity contribution >= 4 is 23.2 Å². The molecule has 2 aromatic carbocycles. The maximum Gasteiger partial charge on any atom is 0.235 e. The maximum atomic E-state index is 13.5. The average molecular weight is 368 g/mol. The summed E-state index contributed by atoms with van der Waals surface area (Å²) in [5, 5.41) is 3.01. The zero-order chi connectivity index (χ0) is 18.3. The SMILES string of the molecule is C[C@@]1(Cc2cncnc2)C(=O)Nc2ccc(-c3ccc(F)c(Cl)c3)cc21. The summed E-state index contributed by atoms with van der Waals surface area (Å²) in [5.41, 5.74) is 3.49. The standard InChI is InChI=1S/C20H15ClFN3O/c1-20(8-12-9-23-11-24-10-12)15-6-13(3-5-18(15)25-19(20)26)14-2-4-17(22)16(21)7-14/h2-7,9-11H,8H2,1H3,(H,25,26)/t20-/m0/s1. The van der Waals surface area contributed by atoms with Crippen LogP contribution in [0.1, 0.15) is 18.1 Å². The third-order valence-electron chi connectivity index (χ3n) is 4.79. The Balaban J connectivity index is 1.78. The first-order valence-corrected chi connectivity index (χ1v) is 8.50. The van der Waals surface area contributed by atoms with E-state index in [-0.39, 0.29) is 10.9 Å². The molecule has 1 aromatic heterocycles. The third kappa shape index (κ3) is 2.74. The topological polar surface area (TPSA) is 54.9 Å². The molecule has 26 heavy (non-hydrogen) atoms. The second-order valence-corrected chi connectivity index (χ2v) is 7.01. The van der Waals surface area contributed by atoms with Gasteiger partial charge >= 0.3 is 0 Å². The molecule has 1 amide bonds. The summed E-state index contributed by atoms with van der Waals surface area (Å²) in [4.78, 5) is 20.7. The molecule has 4 nitrogen and oxygen atoms in total. The van der Waals surface area contributed by atoms with E-state index in [0.29, 0.717) is 6.42 Å². The molecule has 3 aromatic rings. The summed E-state index contributed by atoms with van der Waals surface area (Å²) in [7, 11) is 0. The van der Waals surface area contributed by atoms with Gasteiger partial charge < -0.3 is 5.32 Å². The number of hydrogen-bond donors (Lipinski definition) is 1. The summed E-state index contributed by atoms with van der Waals surface area (Å²) >= 11 is 5.91. The number of amides is 1. The number of aromatic nitrogens is 2. The molecule has 4 rings (SSSR count). The van der Waals surface area contributed by atoms with Gasteiger partial charge in [0.25, 0.3) is 0 Å². The Hall–Kier alpha value is -2.79. The van der Waals surface area contributed by atoms with Gasteiger partial charge in [-0.2, -0.15) is 0 Å². The van der Waals surface area contributed by atoms with Crippen LogP contribution in [-0.4, -0.2) is 15.9 Å². The van der Waals surface area contributed by atoms with Crippen LogP contribution < -0.4 is 5.32 Å². The number of nitrogens with zero attached hydrogens (tertiary/aromatic N) is 2. The molecule has 2 heterocycles. The summed E-state index contributed by atoms with van der Waals surface area (Å²) in [6.07, 6.45) is 5.38. The van der Waals surface area contributed by atoms with Crippen molar-refractivity contribution in [3.8, 4) is 11.1 Å². The Morgan fingerprint density at radius 2 is 1.81 bits per heavy atom. The highest BCUT2D eigenvalue weighted by Crippen LogP contribution is 2.42. The van der Waals surface area contributed by atoms with Crippen molar-refractivity contribution in [1.82, 2.24) is 9.97 Å². The van der Waals surface area contributed by atoms with E-state index in [2.05, 4.69) is 15.3 Å². The van der Waals surface area contributed by atoms with Crippen LogP contribution in [0, 0.1) is 5.82 Å². The van der Waals surface area contributed by atoms with Gasteiger partial charge in [0.2, 0.25) is 5.91 Å². The number of fused-ring (bicyclic) bond motifs is 1. The summed E-state index contributed by atoms with van der Waals surface area (Å²) < 4.78 is 13.5. The lowest BCUT2D eigenvalue weighted by Gasteiger charge is -2.22. The molecule has 0 saturated carbocycles. The van der Waals surface area contributed by atoms with E-state index >= 15 is 0 Å². The van der Waals surface area contributed by atoms with Crippen molar-refractivity contribution < 1.29 is 9.18 Å². The van der Waals surface area contributed by atoms with Crippen LogP contribution in [0.3, 0.4) is 0 Å². The largest absolute Gasteiger partial charge is 0.325 e. The van der Waals surface area contributed by atoms with Crippen molar-refractivity contribution in [2.45, 2.75) is 18.8 Å². The fourth-order valence-corrected chi connectivity index (χ4v) is 3.53. The van der Waals surface area contributed by atoms with Crippen molar-refractivity contribution in [3.63, 3.8) is 0 Å². The zero-order valence-electron chi connectivity index (χ0n) is 14.0. The van der Waals surface area contributed by atoms with Gasteiger partial charge in [-0.25, -0.2) is 14.4 Å². The van der Waals surface area contributed by atoms with Crippen LogP contribution in [0.2, 0.25) is 5.02 Å². The number of carbonyl (C=O) groups excluding carboxylic acids is 1. The van der Waals surface area contributed by atoms with Crippen LogP contribution in [-0.2, 0) is 16.6 Å². The molecule has 0 radical (unpaired) electrons. The molecule has 1 aliphatic rings. The van der Waals surface area contributed by atoms with Crippen LogP contribution >= 0.6 is 11.6 Å². The summed E-state index contributed by atoms with van der Waals surface area (Å²) in [6.45, 7) is 1.91. The monoisotopic (exact) mass is 367 g/mol. The van der Waals surface area contributed by atoms with Crippen LogP contribution in [0.5, 0.6) is 0 Å². The second kappa shape index (κ2) is 6.18. The van der Waals surface area contributed by atoms with Gasteiger partial charge in [0, 0.05) is 18.1 Å². The van der Waals surface area contributed by atoms with Gasteiger partial charge in [-0.15, -0.1) is 0 Å². The molecule has 0 aliphatic carbocycles. The van der Waals surface area contributed by atoms with Gasteiger partial charge in [-0.3, -0.25) is 4.79 Å². The highest BCUT2D eigenvalue weighted by atomic mass is 35.5. The van der Waals surface area contributed by atoms with Crippen LogP contribution in [0.4, 0.5) is 10.1 Å². The number of carbonyl (C=O) groups is 1. The van der Waals surface area contributed by atoms with E-state index in [9.17, 15) is 9.18 Å². The van der Waals surface area contributed by atoms with Crippen LogP contribution in [0.15, 0.2) is 55.1 Å². The highest BCUT2D eigenvalue weighted by Gasteiger charge is 2.42. The number of nitrogens with one attached hydrogen (secondary N) is 1. The predicted octanol–water partition coefficient (Wildman–Crippen LogP) is 4.39. The second-order valence-electron chi connectivity index (χ2n) is 6.60. The Morgan fingerprint density at radius 1 is 1.12 bits per heavy atom. The van der Waals surface area contributed by atoms with E-state index in [1.807, 2.05) is 25.1 Å². The minimum atomic E-state index is -0.736. The lowest BCUT2D eigenvalue weighted by Crippen LogP contribution is -2.33. The van der Waals surface area contributed by atoms with Crippen molar-refractivity contribution in [2.75, 3.05) is 5.32 Å². The van der Waals surface area contributed by atoms with Gasteiger partial charge in [0.1, 0.15) is 12.1 Å². The molecule has 1 N–H and O–H groups in total. The highest BCUT2D eigenvalue weighted by molar-refractivity contribution is 6.31. The molecular formula is C20H15ClFN3O. The molecule has 1 atom stereocenters. The number of rotatable bonds is 3. The molecule has 0 saturated heterocycles. The number of halogens is 2. The quantitative estimate of drug-likeness (QED) is 0.747. The Bertz CT molecular complexity index is 1010. The first-order valence-electron chi connectivity index (χ1n) is 8.13. The lowest BCUT2D eigenvalue weighted by molar-refractivity contribution is -0.120. The Labute approximate surface area is 155 Å². The van der Waals surface area contributed by atoms with Crippen molar-refractivity contribution in [2.24, 2.45) is 0 Å². The van der Waals surface area contributed by atoms with Gasteiger partial charge in [-0.05, 0) is 59.9 Å². The number of anilines is 1. The minimum Gasteiger partial charge on any atom is -0.325 e. The zero-order valence-corrected chi connectivity index (χ0v) is 14.7. The minimum absolute atomic E-state index is 0.0642. The van der Waals surface area contributed by atoms with Gasteiger partial charge in [0.15, 0.2) is 0 Å². The van der Waals surface area contributed by atoms with Gasteiger partial charge in [-0.1, -0.05) is 23.7 Å². The van der Waals surface area contributed by atoms with Crippen molar-refractivity contribution in [3.05, 3.63) is 77.1 Å². The lowest BCUT2D eigenvalue weighted by atomic mass is 9.78. The predicted molar refractivity (Wildman–Crippen MR) is 98.6 cm³/mol. The van der Waals surface area contributed by atoms with E-state index in [1.165, 1.54) is 12.4 Å². The first kappa shape index (κ1) is 16.7. The maximum absolute atomic E-state index is 13.5. The van der Waals surface area contributed by atoms with Gasteiger partial charge in [0.05, 0.1) is 10.4 Å². The van der Waals surface area contributed by atoms with Crippen LogP contribution in [0.25, 0.3) is 11.1 Å². The Morgan fingerprint density at radius 3 is 2.54 bits per heavy atom. The van der Waals surface area contributed by atoms with E-state index < -0.39 is 11.2 Å². The molecule has 6 heteroatoms. The molecule has 1 aliphatic heterocycles. The average Bonchev–Trinajstić information content (AvgIpc) is 2.88. The summed E-state index contributed by atoms with van der Waals surface area (Å²) in [6, 6.07) is 10.3. The van der Waals surface area contributed by atoms with E-state index in [4.69, 9.17) is 11.6 Å².